The first-order chi connectivity index (χ1) is 12.2. The quantitative estimate of drug-likeness (QED) is 0.716. The zero-order valence-electron chi connectivity index (χ0n) is 15.2. The van der Waals surface area contributed by atoms with Crippen molar-refractivity contribution in [3.05, 3.63) is 60.2 Å². The van der Waals surface area contributed by atoms with E-state index in [1.165, 1.54) is 0 Å². The van der Waals surface area contributed by atoms with Crippen molar-refractivity contribution in [1.82, 2.24) is 5.32 Å². The fraction of sp³-hybridized carbons (Fsp3) is 0.350. The number of rotatable bonds is 6. The van der Waals surface area contributed by atoms with Crippen LogP contribution in [0.5, 0.6) is 0 Å². The molecule has 5 nitrogen and oxygen atoms in total. The molecule has 0 spiro atoms. The highest BCUT2D eigenvalue weighted by molar-refractivity contribution is 7.99. The lowest BCUT2D eigenvalue weighted by Crippen LogP contribution is -2.38. The molecule has 0 aliphatic carbocycles. The fourth-order valence-corrected chi connectivity index (χ4v) is 3.03. The van der Waals surface area contributed by atoms with Crippen molar-refractivity contribution in [1.29, 1.82) is 0 Å². The summed E-state index contributed by atoms with van der Waals surface area (Å²) in [6.45, 7) is 5.17. The minimum absolute atomic E-state index is 0.101. The first-order valence-electron chi connectivity index (χ1n) is 8.40. The van der Waals surface area contributed by atoms with Gasteiger partial charge in [0.25, 0.3) is 0 Å². The average molecular weight is 375 g/mol. The van der Waals surface area contributed by atoms with Gasteiger partial charge in [0.15, 0.2) is 0 Å². The standard InChI is InChI=1S/C20H25NO4S/c1-20(2,3)25-19(24)21-13-17(22)18(23)14-9-11-16(12-10-14)26-15-7-5-4-6-8-15/h4-12,17-18,22-23H,13H2,1-3H3,(H,21,24). The number of aliphatic hydroxyl groups is 2. The smallest absolute Gasteiger partial charge is 0.407 e. The molecule has 140 valence electrons. The van der Waals surface area contributed by atoms with Crippen molar-refractivity contribution in [2.75, 3.05) is 6.54 Å². The van der Waals surface area contributed by atoms with E-state index in [0.29, 0.717) is 5.56 Å². The second-order valence-electron chi connectivity index (χ2n) is 6.88. The Balaban J connectivity index is 1.88. The summed E-state index contributed by atoms with van der Waals surface area (Å²) >= 11 is 1.62. The maximum atomic E-state index is 11.6. The largest absolute Gasteiger partial charge is 0.444 e. The predicted molar refractivity (Wildman–Crippen MR) is 102 cm³/mol. The van der Waals surface area contributed by atoms with Crippen molar-refractivity contribution >= 4 is 17.9 Å². The van der Waals surface area contributed by atoms with Crippen LogP contribution in [0.3, 0.4) is 0 Å². The molecule has 0 radical (unpaired) electrons. The van der Waals surface area contributed by atoms with E-state index in [4.69, 9.17) is 4.74 Å². The van der Waals surface area contributed by atoms with Crippen LogP contribution in [-0.4, -0.2) is 34.6 Å². The zero-order chi connectivity index (χ0) is 19.2. The van der Waals surface area contributed by atoms with Crippen LogP contribution in [0.2, 0.25) is 0 Å². The molecule has 0 saturated heterocycles. The lowest BCUT2D eigenvalue weighted by Gasteiger charge is -2.22. The van der Waals surface area contributed by atoms with E-state index in [2.05, 4.69) is 5.32 Å². The van der Waals surface area contributed by atoms with Crippen LogP contribution in [0.1, 0.15) is 32.4 Å². The van der Waals surface area contributed by atoms with E-state index in [-0.39, 0.29) is 6.54 Å². The summed E-state index contributed by atoms with van der Waals surface area (Å²) in [6, 6.07) is 17.3. The van der Waals surface area contributed by atoms with Crippen LogP contribution in [0.4, 0.5) is 4.79 Å². The Bertz CT molecular complexity index is 698. The van der Waals surface area contributed by atoms with Crippen LogP contribution in [0.15, 0.2) is 64.4 Å². The van der Waals surface area contributed by atoms with Gasteiger partial charge in [0.1, 0.15) is 17.8 Å². The molecular weight excluding hydrogens is 350 g/mol. The number of carbonyl (C=O) groups excluding carboxylic acids is 1. The molecule has 6 heteroatoms. The van der Waals surface area contributed by atoms with Gasteiger partial charge in [-0.25, -0.2) is 4.79 Å². The molecular formula is C20H25NO4S. The second kappa shape index (κ2) is 9.07. The minimum Gasteiger partial charge on any atom is -0.444 e. The molecule has 0 fully saturated rings. The molecule has 2 aromatic carbocycles. The van der Waals surface area contributed by atoms with Crippen molar-refractivity contribution in [3.63, 3.8) is 0 Å². The Kier molecular flexibility index (Phi) is 7.08. The second-order valence-corrected chi connectivity index (χ2v) is 8.03. The first-order valence-corrected chi connectivity index (χ1v) is 9.22. The third-order valence-corrected chi connectivity index (χ3v) is 4.44. The number of hydrogen-bond acceptors (Lipinski definition) is 5. The number of ether oxygens (including phenoxy) is 1. The maximum Gasteiger partial charge on any atom is 0.407 e. The van der Waals surface area contributed by atoms with E-state index < -0.39 is 23.9 Å². The summed E-state index contributed by atoms with van der Waals surface area (Å²) in [5.74, 6) is 0. The fourth-order valence-electron chi connectivity index (χ4n) is 2.19. The number of carbonyl (C=O) groups is 1. The molecule has 2 unspecified atom stereocenters. The molecule has 0 aromatic heterocycles. The Hall–Kier alpha value is -2.02. The SMILES string of the molecule is CC(C)(C)OC(=O)NCC(O)C(O)c1ccc(Sc2ccccc2)cc1. The van der Waals surface area contributed by atoms with Gasteiger partial charge in [-0.2, -0.15) is 0 Å². The summed E-state index contributed by atoms with van der Waals surface area (Å²) in [5.41, 5.74) is -0.0270. The van der Waals surface area contributed by atoms with Gasteiger partial charge in [-0.05, 0) is 50.6 Å². The van der Waals surface area contributed by atoms with Crippen LogP contribution in [0, 0.1) is 0 Å². The van der Waals surface area contributed by atoms with Gasteiger partial charge in [0, 0.05) is 16.3 Å². The summed E-state index contributed by atoms with van der Waals surface area (Å²) in [6.07, 6.45) is -2.85. The van der Waals surface area contributed by atoms with Crippen LogP contribution in [0.25, 0.3) is 0 Å². The molecule has 2 atom stereocenters. The lowest BCUT2D eigenvalue weighted by molar-refractivity contribution is 0.0129. The molecule has 2 aromatic rings. The highest BCUT2D eigenvalue weighted by Crippen LogP contribution is 2.28. The monoisotopic (exact) mass is 375 g/mol. The highest BCUT2D eigenvalue weighted by atomic mass is 32.2. The summed E-state index contributed by atoms with van der Waals surface area (Å²) in [7, 11) is 0. The summed E-state index contributed by atoms with van der Waals surface area (Å²) in [4.78, 5) is 13.8. The van der Waals surface area contributed by atoms with E-state index in [9.17, 15) is 15.0 Å². The molecule has 0 heterocycles. The van der Waals surface area contributed by atoms with Crippen LogP contribution >= 0.6 is 11.8 Å². The zero-order valence-corrected chi connectivity index (χ0v) is 16.0. The van der Waals surface area contributed by atoms with Gasteiger partial charge in [-0.3, -0.25) is 0 Å². The Morgan fingerprint density at radius 2 is 1.62 bits per heavy atom. The number of amides is 1. The number of alkyl carbamates (subject to hydrolysis) is 1. The number of nitrogens with one attached hydrogen (secondary N) is 1. The van der Waals surface area contributed by atoms with E-state index >= 15 is 0 Å². The van der Waals surface area contributed by atoms with Crippen molar-refractivity contribution in [3.8, 4) is 0 Å². The molecule has 0 bridgehead atoms. The molecule has 0 aliphatic rings. The van der Waals surface area contributed by atoms with Crippen LogP contribution < -0.4 is 5.32 Å². The normalized spacial score (nSPS) is 13.7. The Morgan fingerprint density at radius 1 is 1.04 bits per heavy atom. The van der Waals surface area contributed by atoms with Crippen molar-refractivity contribution < 1.29 is 19.7 Å². The van der Waals surface area contributed by atoms with Gasteiger partial charge in [-0.1, -0.05) is 42.1 Å². The third-order valence-electron chi connectivity index (χ3n) is 3.42. The Labute approximate surface area is 158 Å². The molecule has 0 aliphatic heterocycles. The third kappa shape index (κ3) is 6.71. The van der Waals surface area contributed by atoms with Crippen molar-refractivity contribution in [2.24, 2.45) is 0 Å². The summed E-state index contributed by atoms with van der Waals surface area (Å²) in [5, 5.41) is 22.8. The van der Waals surface area contributed by atoms with E-state index in [1.807, 2.05) is 42.5 Å². The van der Waals surface area contributed by atoms with Crippen molar-refractivity contribution in [2.45, 2.75) is 48.4 Å². The minimum atomic E-state index is -1.13. The highest BCUT2D eigenvalue weighted by Gasteiger charge is 2.21. The van der Waals surface area contributed by atoms with Gasteiger partial charge < -0.3 is 20.3 Å². The maximum absolute atomic E-state index is 11.6. The van der Waals surface area contributed by atoms with Gasteiger partial charge in [0.05, 0.1) is 0 Å². The predicted octanol–water partition coefficient (Wildman–Crippen LogP) is 3.76. The molecule has 1 amide bonds. The lowest BCUT2D eigenvalue weighted by atomic mass is 10.0. The van der Waals surface area contributed by atoms with E-state index in [0.717, 1.165) is 9.79 Å². The number of hydrogen-bond donors (Lipinski definition) is 3. The van der Waals surface area contributed by atoms with Gasteiger partial charge in [-0.15, -0.1) is 0 Å². The average Bonchev–Trinajstić information content (AvgIpc) is 2.59. The Morgan fingerprint density at radius 3 is 2.19 bits per heavy atom. The van der Waals surface area contributed by atoms with E-state index in [1.54, 1.807) is 44.7 Å². The number of aliphatic hydroxyl groups excluding tert-OH is 2. The first kappa shape index (κ1) is 20.3. The van der Waals surface area contributed by atoms with Gasteiger partial charge >= 0.3 is 6.09 Å². The molecule has 26 heavy (non-hydrogen) atoms. The topological polar surface area (TPSA) is 78.8 Å². The molecule has 0 saturated carbocycles. The molecule has 3 N–H and O–H groups in total. The van der Waals surface area contributed by atoms with Crippen LogP contribution in [-0.2, 0) is 4.74 Å². The summed E-state index contributed by atoms with van der Waals surface area (Å²) < 4.78 is 5.10. The molecule has 2 rings (SSSR count). The van der Waals surface area contributed by atoms with Gasteiger partial charge in [0.2, 0.25) is 0 Å². The number of benzene rings is 2.